The van der Waals surface area contributed by atoms with Gasteiger partial charge in [-0.3, -0.25) is 14.4 Å². The number of carbonyl (C=O) groups excluding carboxylic acids is 3. The summed E-state index contributed by atoms with van der Waals surface area (Å²) in [5, 5.41) is 11.4. The number of rotatable bonds is 10. The van der Waals surface area contributed by atoms with Gasteiger partial charge in [0.25, 0.3) is 5.91 Å². The second-order valence-electron chi connectivity index (χ2n) is 6.21. The summed E-state index contributed by atoms with van der Waals surface area (Å²) < 4.78 is 5.02. The molecule has 0 atom stereocenters. The molecule has 0 radical (unpaired) electrons. The highest BCUT2D eigenvalue weighted by Crippen LogP contribution is 2.14. The number of benzene rings is 2. The van der Waals surface area contributed by atoms with Crippen LogP contribution in [-0.4, -0.2) is 37.5 Å². The van der Waals surface area contributed by atoms with E-state index in [1.807, 2.05) is 42.5 Å². The van der Waals surface area contributed by atoms with E-state index >= 15 is 0 Å². The molecule has 150 valence electrons. The molecule has 0 saturated carbocycles. The van der Waals surface area contributed by atoms with Crippen LogP contribution in [0.25, 0.3) is 0 Å². The van der Waals surface area contributed by atoms with Crippen molar-refractivity contribution in [3.8, 4) is 6.07 Å². The Bertz CT molecular complexity index is 847. The summed E-state index contributed by atoms with van der Waals surface area (Å²) in [6, 6.07) is 20.2. The van der Waals surface area contributed by atoms with Gasteiger partial charge in [0, 0.05) is 18.8 Å². The first-order valence-electron chi connectivity index (χ1n) is 9.28. The average Bonchev–Trinajstić information content (AvgIpc) is 2.74. The zero-order valence-corrected chi connectivity index (χ0v) is 16.0. The van der Waals surface area contributed by atoms with E-state index in [1.165, 1.54) is 4.90 Å². The Kier molecular flexibility index (Phi) is 8.90. The highest BCUT2D eigenvalue weighted by Gasteiger charge is 2.17. The summed E-state index contributed by atoms with van der Waals surface area (Å²) in [7, 11) is 0. The molecule has 2 amide bonds. The SMILES string of the molecule is N#CCCN(C(=O)COC(=O)CCNC(=O)Cc1ccccc1)c1ccccc1. The Morgan fingerprint density at radius 1 is 1.00 bits per heavy atom. The summed E-state index contributed by atoms with van der Waals surface area (Å²) in [6.07, 6.45) is 0.374. The van der Waals surface area contributed by atoms with Crippen LogP contribution in [0.5, 0.6) is 0 Å². The van der Waals surface area contributed by atoms with Gasteiger partial charge in [-0.25, -0.2) is 0 Å². The van der Waals surface area contributed by atoms with Gasteiger partial charge in [0.1, 0.15) is 0 Å². The van der Waals surface area contributed by atoms with Gasteiger partial charge in [-0.15, -0.1) is 0 Å². The van der Waals surface area contributed by atoms with Crippen molar-refractivity contribution in [3.63, 3.8) is 0 Å². The fourth-order valence-electron chi connectivity index (χ4n) is 2.61. The molecular formula is C22H23N3O4. The zero-order chi connectivity index (χ0) is 20.9. The average molecular weight is 393 g/mol. The van der Waals surface area contributed by atoms with Crippen molar-refractivity contribution < 1.29 is 19.1 Å². The molecule has 0 aliphatic heterocycles. The molecule has 0 heterocycles. The van der Waals surface area contributed by atoms with Crippen LogP contribution in [0.4, 0.5) is 5.69 Å². The number of nitrogens with one attached hydrogen (secondary N) is 1. The molecule has 0 bridgehead atoms. The summed E-state index contributed by atoms with van der Waals surface area (Å²) in [5.41, 5.74) is 1.52. The second-order valence-corrected chi connectivity index (χ2v) is 6.21. The maximum absolute atomic E-state index is 12.4. The van der Waals surface area contributed by atoms with Crippen LogP contribution in [0.3, 0.4) is 0 Å². The molecule has 0 unspecified atom stereocenters. The van der Waals surface area contributed by atoms with Gasteiger partial charge in [0.2, 0.25) is 5.91 Å². The first-order chi connectivity index (χ1) is 14.1. The normalized spacial score (nSPS) is 9.90. The van der Waals surface area contributed by atoms with E-state index in [2.05, 4.69) is 5.32 Å². The molecule has 0 saturated heterocycles. The number of carbonyl (C=O) groups is 3. The van der Waals surface area contributed by atoms with Crippen LogP contribution in [0.2, 0.25) is 0 Å². The summed E-state index contributed by atoms with van der Waals surface area (Å²) in [5.74, 6) is -1.17. The Morgan fingerprint density at radius 2 is 1.66 bits per heavy atom. The van der Waals surface area contributed by atoms with Crippen LogP contribution in [0, 0.1) is 11.3 Å². The number of anilines is 1. The van der Waals surface area contributed by atoms with E-state index in [4.69, 9.17) is 10.00 Å². The minimum absolute atomic E-state index is 0.0304. The van der Waals surface area contributed by atoms with Crippen molar-refractivity contribution in [2.75, 3.05) is 24.6 Å². The molecule has 0 aliphatic rings. The van der Waals surface area contributed by atoms with Crippen LogP contribution >= 0.6 is 0 Å². The standard InChI is InChI=1S/C22H23N3O4/c23-13-7-15-25(19-10-5-2-6-11-19)21(27)17-29-22(28)12-14-24-20(26)16-18-8-3-1-4-9-18/h1-6,8-11H,7,12,14-17H2,(H,24,26). The Balaban J connectivity index is 1.73. The van der Waals surface area contributed by atoms with Crippen molar-refractivity contribution in [1.82, 2.24) is 5.32 Å². The van der Waals surface area contributed by atoms with Gasteiger partial charge >= 0.3 is 5.97 Å². The number of nitrogens with zero attached hydrogens (tertiary/aromatic N) is 2. The summed E-state index contributed by atoms with van der Waals surface area (Å²) in [4.78, 5) is 37.5. The van der Waals surface area contributed by atoms with Gasteiger partial charge in [-0.05, 0) is 17.7 Å². The topological polar surface area (TPSA) is 99.5 Å². The van der Waals surface area contributed by atoms with Crippen molar-refractivity contribution >= 4 is 23.5 Å². The number of ether oxygens (including phenoxy) is 1. The predicted octanol–water partition coefficient (Wildman–Crippen LogP) is 2.23. The van der Waals surface area contributed by atoms with Crippen molar-refractivity contribution in [3.05, 3.63) is 66.2 Å². The van der Waals surface area contributed by atoms with E-state index in [1.54, 1.807) is 24.3 Å². The van der Waals surface area contributed by atoms with E-state index in [-0.39, 0.29) is 38.3 Å². The van der Waals surface area contributed by atoms with Crippen molar-refractivity contribution in [2.24, 2.45) is 0 Å². The fourth-order valence-corrected chi connectivity index (χ4v) is 2.61. The molecule has 0 aromatic heterocycles. The van der Waals surface area contributed by atoms with Gasteiger partial charge in [-0.1, -0.05) is 48.5 Å². The molecular weight excluding hydrogens is 370 g/mol. The minimum Gasteiger partial charge on any atom is -0.455 e. The number of para-hydroxylation sites is 1. The molecule has 0 spiro atoms. The quantitative estimate of drug-likeness (QED) is 0.624. The number of amides is 2. The number of hydrogen-bond donors (Lipinski definition) is 1. The third-order valence-corrected chi connectivity index (χ3v) is 4.03. The first-order valence-corrected chi connectivity index (χ1v) is 9.28. The van der Waals surface area contributed by atoms with E-state index < -0.39 is 18.5 Å². The third-order valence-electron chi connectivity index (χ3n) is 4.03. The van der Waals surface area contributed by atoms with Crippen LogP contribution in [0.15, 0.2) is 60.7 Å². The molecule has 2 aromatic rings. The summed E-state index contributed by atoms with van der Waals surface area (Å²) >= 11 is 0. The fraction of sp³-hybridized carbons (Fsp3) is 0.273. The molecule has 0 aliphatic carbocycles. The van der Waals surface area contributed by atoms with Crippen molar-refractivity contribution in [1.29, 1.82) is 5.26 Å². The molecule has 2 rings (SSSR count). The third kappa shape index (κ3) is 7.85. The van der Waals surface area contributed by atoms with Gasteiger partial charge in [0.15, 0.2) is 6.61 Å². The molecule has 7 nitrogen and oxygen atoms in total. The Hall–Kier alpha value is -3.66. The van der Waals surface area contributed by atoms with Crippen LogP contribution in [-0.2, 0) is 25.5 Å². The lowest BCUT2D eigenvalue weighted by Gasteiger charge is -2.21. The van der Waals surface area contributed by atoms with Crippen LogP contribution in [0.1, 0.15) is 18.4 Å². The zero-order valence-electron chi connectivity index (χ0n) is 16.0. The highest BCUT2D eigenvalue weighted by atomic mass is 16.5. The lowest BCUT2D eigenvalue weighted by Crippen LogP contribution is -2.36. The molecule has 2 aromatic carbocycles. The first kappa shape index (κ1) is 21.6. The maximum Gasteiger partial charge on any atom is 0.308 e. The van der Waals surface area contributed by atoms with Gasteiger partial charge in [0.05, 0.1) is 25.3 Å². The van der Waals surface area contributed by atoms with E-state index in [0.29, 0.717) is 5.69 Å². The monoisotopic (exact) mass is 393 g/mol. The number of esters is 1. The van der Waals surface area contributed by atoms with Gasteiger partial charge in [-0.2, -0.15) is 5.26 Å². The highest BCUT2D eigenvalue weighted by molar-refractivity contribution is 5.95. The Morgan fingerprint density at radius 3 is 2.31 bits per heavy atom. The minimum atomic E-state index is -0.577. The van der Waals surface area contributed by atoms with Gasteiger partial charge < -0.3 is 15.0 Å². The predicted molar refractivity (Wildman–Crippen MR) is 108 cm³/mol. The van der Waals surface area contributed by atoms with Crippen LogP contribution < -0.4 is 10.2 Å². The van der Waals surface area contributed by atoms with E-state index in [9.17, 15) is 14.4 Å². The second kappa shape index (κ2) is 11.9. The number of hydrogen-bond acceptors (Lipinski definition) is 5. The van der Waals surface area contributed by atoms with E-state index in [0.717, 1.165) is 5.56 Å². The molecule has 7 heteroatoms. The molecule has 0 fully saturated rings. The van der Waals surface area contributed by atoms with Crippen molar-refractivity contribution in [2.45, 2.75) is 19.3 Å². The Labute approximate surface area is 169 Å². The molecule has 29 heavy (non-hydrogen) atoms. The number of nitriles is 1. The molecule has 1 N–H and O–H groups in total. The lowest BCUT2D eigenvalue weighted by atomic mass is 10.1. The smallest absolute Gasteiger partial charge is 0.308 e. The summed E-state index contributed by atoms with van der Waals surface area (Å²) in [6.45, 7) is -0.0704. The largest absolute Gasteiger partial charge is 0.455 e. The maximum atomic E-state index is 12.4. The lowest BCUT2D eigenvalue weighted by molar-refractivity contribution is -0.147.